The van der Waals surface area contributed by atoms with Crippen LogP contribution in [0.1, 0.15) is 12.5 Å². The third-order valence-corrected chi connectivity index (χ3v) is 2.66. The van der Waals surface area contributed by atoms with E-state index in [0.717, 1.165) is 19.6 Å². The first kappa shape index (κ1) is 13.9. The molecule has 0 unspecified atom stereocenters. The Balaban J connectivity index is 2.43. The lowest BCUT2D eigenvalue weighted by molar-refractivity contribution is 0.298. The largest absolute Gasteiger partial charge is 0.308 e. The van der Waals surface area contributed by atoms with Gasteiger partial charge in [0.2, 0.25) is 0 Å². The fraction of sp³-hybridized carbons (Fsp3) is 0.467. The molecule has 1 rings (SSSR count). The highest BCUT2D eigenvalue weighted by atomic mass is 15.1. The molecule has 1 aromatic rings. The quantitative estimate of drug-likeness (QED) is 0.744. The second kappa shape index (κ2) is 7.25. The van der Waals surface area contributed by atoms with E-state index >= 15 is 0 Å². The van der Waals surface area contributed by atoms with E-state index < -0.39 is 0 Å². The van der Waals surface area contributed by atoms with Crippen LogP contribution in [0.5, 0.6) is 0 Å². The Morgan fingerprint density at radius 1 is 1.06 bits per heavy atom. The first-order valence-corrected chi connectivity index (χ1v) is 6.13. The molecule has 0 fully saturated rings. The summed E-state index contributed by atoms with van der Waals surface area (Å²) >= 11 is 0. The summed E-state index contributed by atoms with van der Waals surface area (Å²) in [6.07, 6.45) is 2.26. The number of hydrogen-bond acceptors (Lipinski definition) is 2. The molecule has 0 heterocycles. The van der Waals surface area contributed by atoms with Gasteiger partial charge >= 0.3 is 0 Å². The van der Waals surface area contributed by atoms with Crippen molar-refractivity contribution in [3.8, 4) is 0 Å². The number of rotatable bonds is 6. The van der Waals surface area contributed by atoms with Gasteiger partial charge in [-0.25, -0.2) is 0 Å². The Morgan fingerprint density at radius 3 is 2.29 bits per heavy atom. The Labute approximate surface area is 106 Å². The lowest BCUT2D eigenvalue weighted by Crippen LogP contribution is -2.29. The lowest BCUT2D eigenvalue weighted by atomic mass is 10.1. The van der Waals surface area contributed by atoms with Crippen molar-refractivity contribution in [2.75, 3.05) is 40.8 Å². The minimum atomic E-state index is 1.03. The number of likely N-dealkylation sites (N-methyl/N-ethyl adjacent to an activating group) is 2. The molecule has 0 aliphatic rings. The highest BCUT2D eigenvalue weighted by molar-refractivity contribution is 5.52. The maximum atomic E-state index is 2.36. The van der Waals surface area contributed by atoms with E-state index in [9.17, 15) is 0 Å². The van der Waals surface area contributed by atoms with Gasteiger partial charge in [0.25, 0.3) is 0 Å². The first-order valence-electron chi connectivity index (χ1n) is 6.13. The van der Waals surface area contributed by atoms with Crippen molar-refractivity contribution in [1.29, 1.82) is 0 Å². The van der Waals surface area contributed by atoms with Gasteiger partial charge in [-0.05, 0) is 33.6 Å². The second-order valence-electron chi connectivity index (χ2n) is 4.94. The van der Waals surface area contributed by atoms with Crippen LogP contribution >= 0.6 is 0 Å². The third kappa shape index (κ3) is 6.25. The van der Waals surface area contributed by atoms with Gasteiger partial charge in [-0.3, -0.25) is 0 Å². The molecule has 0 saturated heterocycles. The van der Waals surface area contributed by atoms with E-state index in [4.69, 9.17) is 0 Å². The summed E-state index contributed by atoms with van der Waals surface area (Å²) in [4.78, 5) is 4.57. The highest BCUT2D eigenvalue weighted by Gasteiger charge is 2.00. The minimum absolute atomic E-state index is 1.03. The summed E-state index contributed by atoms with van der Waals surface area (Å²) in [5.74, 6) is 0. The molecule has 17 heavy (non-hydrogen) atoms. The van der Waals surface area contributed by atoms with E-state index in [1.54, 1.807) is 0 Å². The van der Waals surface area contributed by atoms with Crippen molar-refractivity contribution in [3.05, 3.63) is 41.5 Å². The van der Waals surface area contributed by atoms with Crippen LogP contribution in [-0.2, 0) is 0 Å². The molecule has 0 radical (unpaired) electrons. The molecule has 0 aliphatic carbocycles. The van der Waals surface area contributed by atoms with E-state index in [-0.39, 0.29) is 0 Å². The normalized spacial score (nSPS) is 12.5. The SMILES string of the molecule is C/C(=C\c1ccccc1)CN(C)CCN(C)C. The van der Waals surface area contributed by atoms with Gasteiger partial charge in [-0.2, -0.15) is 0 Å². The van der Waals surface area contributed by atoms with Crippen LogP contribution < -0.4 is 0 Å². The van der Waals surface area contributed by atoms with Crippen molar-refractivity contribution < 1.29 is 0 Å². The van der Waals surface area contributed by atoms with Gasteiger partial charge in [0.15, 0.2) is 0 Å². The predicted molar refractivity (Wildman–Crippen MR) is 76.1 cm³/mol. The maximum Gasteiger partial charge on any atom is 0.0190 e. The molecule has 0 saturated carbocycles. The van der Waals surface area contributed by atoms with Crippen LogP contribution in [0.25, 0.3) is 6.08 Å². The van der Waals surface area contributed by atoms with Crippen molar-refractivity contribution in [3.63, 3.8) is 0 Å². The summed E-state index contributed by atoms with van der Waals surface area (Å²) in [7, 11) is 6.40. The highest BCUT2D eigenvalue weighted by Crippen LogP contribution is 2.06. The molecule has 0 aromatic heterocycles. The van der Waals surface area contributed by atoms with Crippen LogP contribution in [0.4, 0.5) is 0 Å². The molecule has 2 nitrogen and oxygen atoms in total. The Bertz CT molecular complexity index is 341. The fourth-order valence-electron chi connectivity index (χ4n) is 1.75. The molecular formula is C15H24N2. The second-order valence-corrected chi connectivity index (χ2v) is 4.94. The summed E-state index contributed by atoms with van der Waals surface area (Å²) in [6, 6.07) is 10.5. The smallest absolute Gasteiger partial charge is 0.0190 e. The Hall–Kier alpha value is -1.12. The van der Waals surface area contributed by atoms with Crippen molar-refractivity contribution >= 4 is 6.08 Å². The van der Waals surface area contributed by atoms with E-state index in [2.05, 4.69) is 74.3 Å². The number of hydrogen-bond donors (Lipinski definition) is 0. The minimum Gasteiger partial charge on any atom is -0.308 e. The monoisotopic (exact) mass is 232 g/mol. The average molecular weight is 232 g/mol. The zero-order valence-corrected chi connectivity index (χ0v) is 11.5. The Morgan fingerprint density at radius 2 is 1.71 bits per heavy atom. The van der Waals surface area contributed by atoms with E-state index in [1.165, 1.54) is 11.1 Å². The molecule has 0 N–H and O–H groups in total. The van der Waals surface area contributed by atoms with E-state index in [0.29, 0.717) is 0 Å². The molecule has 0 spiro atoms. The maximum absolute atomic E-state index is 2.36. The summed E-state index contributed by atoms with van der Waals surface area (Å²) in [5, 5.41) is 0. The third-order valence-electron chi connectivity index (χ3n) is 2.66. The van der Waals surface area contributed by atoms with Gasteiger partial charge in [0.1, 0.15) is 0 Å². The molecule has 0 bridgehead atoms. The van der Waals surface area contributed by atoms with Gasteiger partial charge in [0, 0.05) is 19.6 Å². The van der Waals surface area contributed by atoms with Gasteiger partial charge in [0.05, 0.1) is 0 Å². The van der Waals surface area contributed by atoms with Crippen LogP contribution in [0, 0.1) is 0 Å². The molecule has 94 valence electrons. The van der Waals surface area contributed by atoms with Crippen molar-refractivity contribution in [2.24, 2.45) is 0 Å². The van der Waals surface area contributed by atoms with Crippen LogP contribution in [0.15, 0.2) is 35.9 Å². The molecule has 0 aliphatic heterocycles. The zero-order chi connectivity index (χ0) is 12.7. The Kier molecular flexibility index (Phi) is 5.95. The molecule has 0 amide bonds. The molecule has 0 atom stereocenters. The van der Waals surface area contributed by atoms with Gasteiger partial charge < -0.3 is 9.80 Å². The zero-order valence-electron chi connectivity index (χ0n) is 11.5. The van der Waals surface area contributed by atoms with Crippen molar-refractivity contribution in [1.82, 2.24) is 9.80 Å². The van der Waals surface area contributed by atoms with E-state index in [1.807, 2.05) is 0 Å². The fourth-order valence-corrected chi connectivity index (χ4v) is 1.75. The first-order chi connectivity index (χ1) is 8.08. The van der Waals surface area contributed by atoms with Crippen LogP contribution in [0.3, 0.4) is 0 Å². The summed E-state index contributed by atoms with van der Waals surface area (Å²) < 4.78 is 0. The molecule has 2 heteroatoms. The number of nitrogens with zero attached hydrogens (tertiary/aromatic N) is 2. The van der Waals surface area contributed by atoms with Gasteiger partial charge in [-0.1, -0.05) is 42.0 Å². The lowest BCUT2D eigenvalue weighted by Gasteiger charge is -2.19. The standard InChI is InChI=1S/C15H24N2/c1-14(12-15-8-6-5-7-9-15)13-17(4)11-10-16(2)3/h5-9,12H,10-11,13H2,1-4H3/b14-12+. The predicted octanol–water partition coefficient (Wildman–Crippen LogP) is 2.58. The summed E-state index contributed by atoms with van der Waals surface area (Å²) in [5.41, 5.74) is 2.68. The molecule has 1 aromatic carbocycles. The molecular weight excluding hydrogens is 208 g/mol. The van der Waals surface area contributed by atoms with Gasteiger partial charge in [-0.15, -0.1) is 0 Å². The number of benzene rings is 1. The van der Waals surface area contributed by atoms with Crippen LogP contribution in [-0.4, -0.2) is 50.6 Å². The summed E-state index contributed by atoms with van der Waals surface area (Å²) in [6.45, 7) is 5.43. The van der Waals surface area contributed by atoms with Crippen molar-refractivity contribution in [2.45, 2.75) is 6.92 Å². The average Bonchev–Trinajstić information content (AvgIpc) is 2.27. The van der Waals surface area contributed by atoms with Crippen LogP contribution in [0.2, 0.25) is 0 Å². The topological polar surface area (TPSA) is 6.48 Å².